The Labute approximate surface area is 365 Å². The number of ether oxygens (including phenoxy) is 2. The molecular weight excluding hydrogens is 758 g/mol. The minimum absolute atomic E-state index is 0.0889. The van der Waals surface area contributed by atoms with E-state index in [9.17, 15) is 14.3 Å². The topological polar surface area (TPSA) is 91.3 Å². The maximum atomic E-state index is 12.7. The van der Waals surface area contributed by atoms with Crippen LogP contribution in [-0.4, -0.2) is 75.6 Å². The minimum Gasteiger partial charge on any atom is -0.457 e. The number of nitrogens with zero attached hydrogens (tertiary/aromatic N) is 1. The fraction of sp³-hybridized carbons (Fsp3) is 0.860. The quantitative estimate of drug-likeness (QED) is 0.0214. The number of carbonyl (C=O) groups is 1. The zero-order chi connectivity index (χ0) is 43.4. The molecule has 0 heterocycles. The van der Waals surface area contributed by atoms with E-state index in [1.165, 1.54) is 154 Å². The molecule has 0 aliphatic heterocycles. The molecule has 0 bridgehead atoms. The molecule has 59 heavy (non-hydrogen) atoms. The first-order chi connectivity index (χ1) is 28.6. The molecule has 0 radical (unpaired) electrons. The van der Waals surface area contributed by atoms with Crippen LogP contribution in [0.1, 0.15) is 219 Å². The van der Waals surface area contributed by atoms with E-state index in [0.29, 0.717) is 24.1 Å². The maximum Gasteiger partial charge on any atom is 0.472 e. The van der Waals surface area contributed by atoms with E-state index < -0.39 is 13.9 Å². The number of esters is 1. The Kier molecular flexibility index (Phi) is 42.4. The van der Waals surface area contributed by atoms with Crippen LogP contribution in [-0.2, 0) is 27.9 Å². The number of hydrogen-bond donors (Lipinski definition) is 1. The van der Waals surface area contributed by atoms with Gasteiger partial charge in [0, 0.05) is 13.0 Å². The van der Waals surface area contributed by atoms with Crippen LogP contribution in [0.3, 0.4) is 0 Å². The Morgan fingerprint density at radius 3 is 1.39 bits per heavy atom. The lowest BCUT2D eigenvalue weighted by atomic mass is 10.0. The van der Waals surface area contributed by atoms with Crippen molar-refractivity contribution in [3.63, 3.8) is 0 Å². The second kappa shape index (κ2) is 43.4. The number of phosphoric ester groups is 1. The van der Waals surface area contributed by atoms with Gasteiger partial charge in [0.25, 0.3) is 0 Å². The van der Waals surface area contributed by atoms with Crippen molar-refractivity contribution in [2.75, 3.05) is 54.1 Å². The molecule has 348 valence electrons. The lowest BCUT2D eigenvalue weighted by molar-refractivity contribution is -0.870. The molecule has 1 N–H and O–H groups in total. The van der Waals surface area contributed by atoms with Gasteiger partial charge in [-0.25, -0.2) is 4.57 Å². The van der Waals surface area contributed by atoms with Gasteiger partial charge in [-0.2, -0.15) is 0 Å². The summed E-state index contributed by atoms with van der Waals surface area (Å²) in [5, 5.41) is 0. The van der Waals surface area contributed by atoms with E-state index >= 15 is 0 Å². The number of likely N-dealkylation sites (N-methyl/N-ethyl adjacent to an activating group) is 1. The van der Waals surface area contributed by atoms with Crippen LogP contribution in [0.15, 0.2) is 36.5 Å². The summed E-state index contributed by atoms with van der Waals surface area (Å²) in [6.07, 6.45) is 51.8. The molecule has 8 nitrogen and oxygen atoms in total. The summed E-state index contributed by atoms with van der Waals surface area (Å²) in [7, 11) is 1.67. The van der Waals surface area contributed by atoms with Crippen molar-refractivity contribution in [1.82, 2.24) is 0 Å². The van der Waals surface area contributed by atoms with Gasteiger partial charge in [0.05, 0.1) is 34.4 Å². The second-order valence-corrected chi connectivity index (χ2v) is 19.3. The van der Waals surface area contributed by atoms with E-state index in [2.05, 4.69) is 50.3 Å². The molecular formula is C50H97NO7P+. The van der Waals surface area contributed by atoms with E-state index in [1.807, 2.05) is 21.1 Å². The van der Waals surface area contributed by atoms with Crippen LogP contribution in [0.2, 0.25) is 0 Å². The third-order valence-electron chi connectivity index (χ3n) is 10.7. The molecule has 0 aliphatic rings. The van der Waals surface area contributed by atoms with Gasteiger partial charge in [-0.05, 0) is 51.4 Å². The largest absolute Gasteiger partial charge is 0.472 e. The van der Waals surface area contributed by atoms with Crippen LogP contribution >= 0.6 is 7.82 Å². The summed E-state index contributed by atoms with van der Waals surface area (Å²) < 4.78 is 35.1. The molecule has 0 aromatic carbocycles. The summed E-state index contributed by atoms with van der Waals surface area (Å²) in [4.78, 5) is 22.9. The number of hydrogen-bond acceptors (Lipinski definition) is 6. The number of carbonyl (C=O) groups excluding carboxylic acids is 1. The first-order valence-electron chi connectivity index (χ1n) is 24.7. The maximum absolute atomic E-state index is 12.7. The number of quaternary nitrogens is 1. The van der Waals surface area contributed by atoms with Crippen molar-refractivity contribution >= 4 is 13.8 Å². The zero-order valence-electron chi connectivity index (χ0n) is 39.5. The molecule has 0 aliphatic carbocycles. The molecule has 0 saturated carbocycles. The van der Waals surface area contributed by atoms with Crippen LogP contribution in [0.25, 0.3) is 0 Å². The molecule has 0 fully saturated rings. The van der Waals surface area contributed by atoms with Crippen LogP contribution in [0.5, 0.6) is 0 Å². The van der Waals surface area contributed by atoms with E-state index in [1.54, 1.807) is 0 Å². The molecule has 0 aromatic heterocycles. The predicted molar refractivity (Wildman–Crippen MR) is 252 cm³/mol. The molecule has 0 saturated heterocycles. The number of allylic oxidation sites excluding steroid dienone is 6. The highest BCUT2D eigenvalue weighted by Crippen LogP contribution is 2.43. The third kappa shape index (κ3) is 47.6. The Bertz CT molecular complexity index is 1040. The lowest BCUT2D eigenvalue weighted by Crippen LogP contribution is -2.37. The van der Waals surface area contributed by atoms with E-state index in [-0.39, 0.29) is 25.8 Å². The molecule has 2 atom stereocenters. The highest BCUT2D eigenvalue weighted by atomic mass is 31.2. The number of phosphoric acid groups is 1. The second-order valence-electron chi connectivity index (χ2n) is 17.9. The summed E-state index contributed by atoms with van der Waals surface area (Å²) in [6, 6.07) is 0. The SMILES string of the molecule is CCCCCCC/C=C\C/C=C\C/C=C\CCCCCCCCCCCCC(=O)OC(COCCCCCCCCCCCCCC)COP(=O)(O)OCC[N+](C)(C)C. The van der Waals surface area contributed by atoms with E-state index in [4.69, 9.17) is 18.5 Å². The Balaban J connectivity index is 4.09. The molecule has 2 unspecified atom stereocenters. The van der Waals surface area contributed by atoms with Crippen molar-refractivity contribution < 1.29 is 37.3 Å². The first-order valence-corrected chi connectivity index (χ1v) is 26.2. The molecule has 0 aromatic rings. The summed E-state index contributed by atoms with van der Waals surface area (Å²) in [6.45, 7) is 5.63. The molecule has 0 rings (SSSR count). The van der Waals surface area contributed by atoms with Gasteiger partial charge in [-0.15, -0.1) is 0 Å². The monoisotopic (exact) mass is 855 g/mol. The third-order valence-corrected chi connectivity index (χ3v) is 11.7. The standard InChI is InChI=1S/C50H96NO7P/c1-6-8-10-12-14-16-18-20-21-22-23-24-25-26-27-28-29-30-31-32-33-35-37-39-41-43-50(52)58-49(48-57-59(53,54)56-46-44-51(3,4)5)47-55-45-42-40-38-36-34-19-17-15-13-11-9-7-2/h18,20,22-23,25-26,49H,6-17,19,21,24,27-48H2,1-5H3/p+1/b20-18-,23-22-,26-25-. The lowest BCUT2D eigenvalue weighted by Gasteiger charge is -2.24. The normalized spacial score (nSPS) is 13.9. The Morgan fingerprint density at radius 2 is 0.932 bits per heavy atom. The molecule has 0 amide bonds. The summed E-state index contributed by atoms with van der Waals surface area (Å²) in [5.41, 5.74) is 0. The van der Waals surface area contributed by atoms with Gasteiger partial charge in [0.1, 0.15) is 19.3 Å². The summed E-state index contributed by atoms with van der Waals surface area (Å²) in [5.74, 6) is -0.316. The van der Waals surface area contributed by atoms with Crippen molar-refractivity contribution in [2.45, 2.75) is 225 Å². The zero-order valence-corrected chi connectivity index (χ0v) is 40.4. The van der Waals surface area contributed by atoms with Crippen LogP contribution < -0.4 is 0 Å². The average Bonchev–Trinajstić information content (AvgIpc) is 3.19. The number of rotatable bonds is 46. The first kappa shape index (κ1) is 57.7. The van der Waals surface area contributed by atoms with E-state index in [0.717, 1.165) is 44.9 Å². The minimum atomic E-state index is -4.27. The van der Waals surface area contributed by atoms with Gasteiger partial charge in [0.15, 0.2) is 0 Å². The smallest absolute Gasteiger partial charge is 0.457 e. The van der Waals surface area contributed by atoms with Gasteiger partial charge in [0.2, 0.25) is 0 Å². The van der Waals surface area contributed by atoms with Crippen LogP contribution in [0.4, 0.5) is 0 Å². The van der Waals surface area contributed by atoms with Crippen molar-refractivity contribution in [3.05, 3.63) is 36.5 Å². The average molecular weight is 855 g/mol. The van der Waals surface area contributed by atoms with Crippen LogP contribution in [0, 0.1) is 0 Å². The highest BCUT2D eigenvalue weighted by Gasteiger charge is 2.26. The van der Waals surface area contributed by atoms with Gasteiger partial charge < -0.3 is 18.9 Å². The van der Waals surface area contributed by atoms with Crippen molar-refractivity contribution in [3.8, 4) is 0 Å². The van der Waals surface area contributed by atoms with Crippen molar-refractivity contribution in [1.29, 1.82) is 0 Å². The molecule has 9 heteroatoms. The summed E-state index contributed by atoms with van der Waals surface area (Å²) >= 11 is 0. The predicted octanol–water partition coefficient (Wildman–Crippen LogP) is 14.9. The van der Waals surface area contributed by atoms with Gasteiger partial charge in [-0.3, -0.25) is 13.8 Å². The fourth-order valence-electron chi connectivity index (χ4n) is 6.85. The van der Waals surface area contributed by atoms with Crippen molar-refractivity contribution in [2.24, 2.45) is 0 Å². The number of unbranched alkanes of at least 4 members (excludes halogenated alkanes) is 26. The molecule has 0 spiro atoms. The Morgan fingerprint density at radius 1 is 0.525 bits per heavy atom. The fourth-order valence-corrected chi connectivity index (χ4v) is 7.60. The van der Waals surface area contributed by atoms with Gasteiger partial charge >= 0.3 is 13.8 Å². The van der Waals surface area contributed by atoms with Gasteiger partial charge in [-0.1, -0.05) is 198 Å². The Hall–Kier alpha value is -1.28. The highest BCUT2D eigenvalue weighted by molar-refractivity contribution is 7.47.